The minimum absolute atomic E-state index is 0.125. The van der Waals surface area contributed by atoms with Crippen LogP contribution in [0.25, 0.3) is 0 Å². The number of benzene rings is 1. The highest BCUT2D eigenvalue weighted by Gasteiger charge is 2.23. The Hall–Kier alpha value is -2.34. The van der Waals surface area contributed by atoms with E-state index in [0.29, 0.717) is 19.4 Å². The molecule has 1 atom stereocenters. The van der Waals surface area contributed by atoms with Crippen LogP contribution in [-0.4, -0.2) is 34.9 Å². The number of nitrogens with zero attached hydrogens (tertiary/aromatic N) is 1. The number of carbonyl (C=O) groups is 1. The Labute approximate surface area is 179 Å². The predicted octanol–water partition coefficient (Wildman–Crippen LogP) is 4.94. The lowest BCUT2D eigenvalue weighted by Crippen LogP contribution is -2.29. The Morgan fingerprint density at radius 3 is 2.23 bits per heavy atom. The third-order valence-corrected chi connectivity index (χ3v) is 4.77. The number of oxazole rings is 1. The van der Waals surface area contributed by atoms with Crippen LogP contribution in [0.15, 0.2) is 16.5 Å². The summed E-state index contributed by atoms with van der Waals surface area (Å²) in [4.78, 5) is 16.1. The van der Waals surface area contributed by atoms with Gasteiger partial charge in [0, 0.05) is 18.3 Å². The van der Waals surface area contributed by atoms with Gasteiger partial charge in [-0.1, -0.05) is 32.9 Å². The lowest BCUT2D eigenvalue weighted by molar-refractivity contribution is -0.153. The zero-order chi connectivity index (χ0) is 22.6. The maximum Gasteiger partial charge on any atom is 0.333 e. The summed E-state index contributed by atoms with van der Waals surface area (Å²) >= 11 is 0. The molecule has 6 heteroatoms. The van der Waals surface area contributed by atoms with Crippen LogP contribution in [0.2, 0.25) is 0 Å². The first-order valence-corrected chi connectivity index (χ1v) is 10.5. The molecule has 0 aliphatic heterocycles. The molecule has 6 nitrogen and oxygen atoms in total. The molecule has 1 aromatic carbocycles. The fourth-order valence-corrected chi connectivity index (χ4v) is 3.35. The molecule has 0 aliphatic carbocycles. The Kier molecular flexibility index (Phi) is 7.70. The second-order valence-corrected chi connectivity index (χ2v) is 9.14. The first kappa shape index (κ1) is 23.9. The van der Waals surface area contributed by atoms with Crippen molar-refractivity contribution in [2.24, 2.45) is 0 Å². The number of hydrogen-bond acceptors (Lipinski definition) is 5. The molecule has 0 saturated carbocycles. The van der Waals surface area contributed by atoms with Crippen LogP contribution >= 0.6 is 0 Å². The molecule has 0 saturated heterocycles. The first-order chi connectivity index (χ1) is 13.9. The Morgan fingerprint density at radius 2 is 1.77 bits per heavy atom. The first-order valence-electron chi connectivity index (χ1n) is 10.5. The fraction of sp³-hybridized carbons (Fsp3) is 0.583. The molecule has 0 radical (unpaired) electrons. The minimum Gasteiger partial charge on any atom is -0.493 e. The second kappa shape index (κ2) is 9.65. The molecule has 0 aliphatic rings. The van der Waals surface area contributed by atoms with Crippen LogP contribution in [0.1, 0.15) is 68.7 Å². The maximum absolute atomic E-state index is 11.5. The van der Waals surface area contributed by atoms with E-state index in [0.717, 1.165) is 39.8 Å². The van der Waals surface area contributed by atoms with E-state index in [1.807, 2.05) is 46.8 Å². The molecule has 2 rings (SSSR count). The molecule has 0 fully saturated rings. The minimum atomic E-state index is -0.947. The Bertz CT molecular complexity index is 853. The van der Waals surface area contributed by atoms with Gasteiger partial charge in [-0.2, -0.15) is 0 Å². The van der Waals surface area contributed by atoms with Gasteiger partial charge in [0.05, 0.1) is 18.4 Å². The Balaban J connectivity index is 2.06. The van der Waals surface area contributed by atoms with E-state index in [2.05, 4.69) is 25.8 Å². The van der Waals surface area contributed by atoms with Gasteiger partial charge >= 0.3 is 5.97 Å². The molecule has 0 amide bonds. The zero-order valence-corrected chi connectivity index (χ0v) is 19.5. The normalized spacial score (nSPS) is 13.0. The van der Waals surface area contributed by atoms with Crippen molar-refractivity contribution in [1.82, 2.24) is 4.98 Å². The summed E-state index contributed by atoms with van der Waals surface area (Å²) in [5, 5.41) is 9.41. The lowest BCUT2D eigenvalue weighted by Gasteiger charge is -2.18. The van der Waals surface area contributed by atoms with Gasteiger partial charge in [0.2, 0.25) is 0 Å². The molecule has 1 aromatic heterocycles. The smallest absolute Gasteiger partial charge is 0.333 e. The third kappa shape index (κ3) is 6.33. The van der Waals surface area contributed by atoms with Gasteiger partial charge in [-0.25, -0.2) is 9.78 Å². The number of hydrogen-bond donors (Lipinski definition) is 1. The lowest BCUT2D eigenvalue weighted by atomic mass is 9.97. The molecule has 1 heterocycles. The number of carboxylic acids is 1. The summed E-state index contributed by atoms with van der Waals surface area (Å²) in [7, 11) is 0. The monoisotopic (exact) mass is 417 g/mol. The summed E-state index contributed by atoms with van der Waals surface area (Å²) < 4.78 is 17.4. The number of aliphatic carboxylic acids is 1. The fourth-order valence-electron chi connectivity index (χ4n) is 3.35. The number of carboxylic acid groups (broad SMARTS) is 1. The van der Waals surface area contributed by atoms with E-state index >= 15 is 0 Å². The quantitative estimate of drug-likeness (QED) is 0.622. The van der Waals surface area contributed by atoms with Crippen molar-refractivity contribution in [3.63, 3.8) is 0 Å². The van der Waals surface area contributed by atoms with Crippen molar-refractivity contribution >= 4 is 5.97 Å². The molecule has 0 spiro atoms. The molecule has 1 N–H and O–H groups in total. The van der Waals surface area contributed by atoms with E-state index in [-0.39, 0.29) is 11.5 Å². The SMILES string of the molecule is Cc1cc(CC(OC(C)C)C(=O)O)cc(C)c1OCCc1nc(C(C)(C)C)oc1C. The second-order valence-electron chi connectivity index (χ2n) is 9.14. The standard InChI is InChI=1S/C24H35NO5/c1-14(2)29-20(22(26)27)13-18-11-15(3)21(16(4)12-18)28-10-9-19-17(5)30-23(25-19)24(6,7)8/h11-12,14,20H,9-10,13H2,1-8H3,(H,26,27). The highest BCUT2D eigenvalue weighted by atomic mass is 16.5. The highest BCUT2D eigenvalue weighted by molar-refractivity contribution is 5.72. The molecule has 2 aromatic rings. The number of aryl methyl sites for hydroxylation is 3. The van der Waals surface area contributed by atoms with Gasteiger partial charge in [-0.05, 0) is 51.3 Å². The zero-order valence-electron chi connectivity index (χ0n) is 19.5. The topological polar surface area (TPSA) is 81.8 Å². The van der Waals surface area contributed by atoms with E-state index in [1.165, 1.54) is 0 Å². The largest absolute Gasteiger partial charge is 0.493 e. The average Bonchev–Trinajstić information content (AvgIpc) is 2.97. The summed E-state index contributed by atoms with van der Waals surface area (Å²) in [6.07, 6.45) is -0.0177. The molecule has 30 heavy (non-hydrogen) atoms. The van der Waals surface area contributed by atoms with Crippen molar-refractivity contribution in [1.29, 1.82) is 0 Å². The molecule has 1 unspecified atom stereocenters. The van der Waals surface area contributed by atoms with E-state index in [1.54, 1.807) is 0 Å². The van der Waals surface area contributed by atoms with Crippen LogP contribution in [0, 0.1) is 20.8 Å². The van der Waals surface area contributed by atoms with Gasteiger partial charge in [-0.15, -0.1) is 0 Å². The van der Waals surface area contributed by atoms with Crippen LogP contribution < -0.4 is 4.74 Å². The van der Waals surface area contributed by atoms with Crippen molar-refractivity contribution in [2.75, 3.05) is 6.61 Å². The van der Waals surface area contributed by atoms with Crippen LogP contribution in [0.4, 0.5) is 0 Å². The highest BCUT2D eigenvalue weighted by Crippen LogP contribution is 2.27. The molecule has 0 bridgehead atoms. The van der Waals surface area contributed by atoms with Crippen molar-refractivity contribution in [2.45, 2.75) is 85.9 Å². The summed E-state index contributed by atoms with van der Waals surface area (Å²) in [5.41, 5.74) is 3.67. The molecular formula is C24H35NO5. The van der Waals surface area contributed by atoms with Gasteiger partial charge in [0.15, 0.2) is 12.0 Å². The summed E-state index contributed by atoms with van der Waals surface area (Å²) in [6.45, 7) is 16.3. The molecular weight excluding hydrogens is 382 g/mol. The van der Waals surface area contributed by atoms with Crippen LogP contribution in [-0.2, 0) is 27.8 Å². The van der Waals surface area contributed by atoms with Gasteiger partial charge < -0.3 is 19.0 Å². The number of rotatable bonds is 9. The van der Waals surface area contributed by atoms with E-state index in [9.17, 15) is 9.90 Å². The van der Waals surface area contributed by atoms with Crippen molar-refractivity contribution in [3.8, 4) is 5.75 Å². The number of aromatic nitrogens is 1. The van der Waals surface area contributed by atoms with Gasteiger partial charge in [-0.3, -0.25) is 0 Å². The van der Waals surface area contributed by atoms with Crippen LogP contribution in [0.3, 0.4) is 0 Å². The van der Waals surface area contributed by atoms with Gasteiger partial charge in [0.25, 0.3) is 0 Å². The van der Waals surface area contributed by atoms with E-state index < -0.39 is 12.1 Å². The van der Waals surface area contributed by atoms with Crippen LogP contribution in [0.5, 0.6) is 5.75 Å². The number of ether oxygens (including phenoxy) is 2. The summed E-state index contributed by atoms with van der Waals surface area (Å²) in [5.74, 6) is 1.45. The van der Waals surface area contributed by atoms with E-state index in [4.69, 9.17) is 13.9 Å². The molecule has 166 valence electrons. The third-order valence-electron chi connectivity index (χ3n) is 4.77. The van der Waals surface area contributed by atoms with Gasteiger partial charge in [0.1, 0.15) is 11.5 Å². The predicted molar refractivity (Wildman–Crippen MR) is 116 cm³/mol. The maximum atomic E-state index is 11.5. The average molecular weight is 418 g/mol. The summed E-state index contributed by atoms with van der Waals surface area (Å²) in [6, 6.07) is 3.95. The van der Waals surface area contributed by atoms with Crippen molar-refractivity contribution < 1.29 is 23.8 Å². The van der Waals surface area contributed by atoms with Crippen molar-refractivity contribution in [3.05, 3.63) is 46.2 Å². The Morgan fingerprint density at radius 1 is 1.17 bits per heavy atom.